The average molecular weight is 501 g/mol. The third-order valence-electron chi connectivity index (χ3n) is 5.57. The minimum Gasteiger partial charge on any atom is -0.486 e. The Labute approximate surface area is 192 Å². The minimum absolute atomic E-state index is 0.132. The number of nitrogens with zero attached hydrogens (tertiary/aromatic N) is 1. The molecular formula is C23H21BrN2O6. The number of hydrogen-bond acceptors (Lipinski definition) is 5. The molecule has 2 heterocycles. The van der Waals surface area contributed by atoms with E-state index in [0.29, 0.717) is 11.0 Å². The Morgan fingerprint density at radius 2 is 1.97 bits per heavy atom. The Morgan fingerprint density at radius 1 is 1.25 bits per heavy atom. The van der Waals surface area contributed by atoms with Crippen molar-refractivity contribution in [2.75, 3.05) is 13.2 Å². The van der Waals surface area contributed by atoms with Crippen molar-refractivity contribution in [3.05, 3.63) is 64.3 Å². The van der Waals surface area contributed by atoms with Crippen LogP contribution in [-0.2, 0) is 9.59 Å². The van der Waals surface area contributed by atoms with Crippen molar-refractivity contribution in [2.45, 2.75) is 25.4 Å². The summed E-state index contributed by atoms with van der Waals surface area (Å²) < 4.78 is 12.4. The second-order valence-electron chi connectivity index (χ2n) is 7.85. The van der Waals surface area contributed by atoms with Crippen LogP contribution in [0.5, 0.6) is 5.75 Å². The molecule has 2 N–H and O–H groups in total. The summed E-state index contributed by atoms with van der Waals surface area (Å²) in [5.74, 6) is -2.44. The highest BCUT2D eigenvalue weighted by molar-refractivity contribution is 9.10. The van der Waals surface area contributed by atoms with Crippen LogP contribution >= 0.6 is 15.9 Å². The van der Waals surface area contributed by atoms with E-state index in [0.717, 1.165) is 14.9 Å². The Bertz CT molecular complexity index is 1210. The molecule has 9 heteroatoms. The third kappa shape index (κ3) is 3.84. The van der Waals surface area contributed by atoms with Crippen LogP contribution < -0.4 is 10.1 Å². The molecule has 1 aliphatic rings. The van der Waals surface area contributed by atoms with Crippen molar-refractivity contribution in [1.82, 2.24) is 10.2 Å². The molecule has 32 heavy (non-hydrogen) atoms. The zero-order chi connectivity index (χ0) is 23.0. The summed E-state index contributed by atoms with van der Waals surface area (Å²) in [7, 11) is 0. The lowest BCUT2D eigenvalue weighted by Gasteiger charge is -2.37. The number of carboxylic acids is 1. The van der Waals surface area contributed by atoms with Crippen molar-refractivity contribution in [3.8, 4) is 5.75 Å². The number of carbonyl (C=O) groups excluding carboxylic acids is 2. The zero-order valence-electron chi connectivity index (χ0n) is 17.4. The minimum atomic E-state index is -1.58. The lowest BCUT2D eigenvalue weighted by Crippen LogP contribution is -2.62. The fourth-order valence-corrected chi connectivity index (χ4v) is 4.06. The molecular weight excluding hydrogens is 480 g/mol. The quantitative estimate of drug-likeness (QED) is 0.552. The highest BCUT2D eigenvalue weighted by atomic mass is 79.9. The molecule has 0 bridgehead atoms. The highest BCUT2D eigenvalue weighted by Gasteiger charge is 2.49. The first-order valence-corrected chi connectivity index (χ1v) is 10.7. The van der Waals surface area contributed by atoms with Crippen LogP contribution in [0.25, 0.3) is 11.0 Å². The molecule has 2 atom stereocenters. The molecule has 0 aliphatic carbocycles. The second kappa shape index (κ2) is 8.31. The summed E-state index contributed by atoms with van der Waals surface area (Å²) in [5.41, 5.74) is -0.292. The van der Waals surface area contributed by atoms with Gasteiger partial charge in [0.25, 0.3) is 5.91 Å². The standard InChI is InChI=1S/C23H21BrN2O6/c1-13(14-6-4-3-5-7-14)25-22(30)23(2)12-31-19-16-9-8-15(24)10-17(16)32-20(19)21(29)26(23)11-18(27)28/h3-10,13H,11-12H2,1-2H3,(H,25,30)(H,27,28)/t13-,23+/m0/s1. The lowest BCUT2D eigenvalue weighted by molar-refractivity contribution is -0.142. The maximum Gasteiger partial charge on any atom is 0.323 e. The number of nitrogens with one attached hydrogen (secondary N) is 1. The first-order valence-electron chi connectivity index (χ1n) is 9.95. The van der Waals surface area contributed by atoms with E-state index in [1.165, 1.54) is 6.92 Å². The van der Waals surface area contributed by atoms with Crippen LogP contribution in [0.3, 0.4) is 0 Å². The van der Waals surface area contributed by atoms with Gasteiger partial charge in [0.1, 0.15) is 18.7 Å². The zero-order valence-corrected chi connectivity index (χ0v) is 19.0. The molecule has 4 rings (SSSR count). The summed E-state index contributed by atoms with van der Waals surface area (Å²) in [4.78, 5) is 39.4. The molecule has 1 aliphatic heterocycles. The summed E-state index contributed by atoms with van der Waals surface area (Å²) in [6, 6.07) is 14.2. The first-order chi connectivity index (χ1) is 15.2. The van der Waals surface area contributed by atoms with E-state index in [1.807, 2.05) is 37.3 Å². The largest absolute Gasteiger partial charge is 0.486 e. The van der Waals surface area contributed by atoms with Crippen molar-refractivity contribution in [2.24, 2.45) is 0 Å². The van der Waals surface area contributed by atoms with E-state index in [2.05, 4.69) is 21.2 Å². The molecule has 0 spiro atoms. The number of rotatable bonds is 5. The maximum atomic E-state index is 13.4. The van der Waals surface area contributed by atoms with Crippen molar-refractivity contribution < 1.29 is 28.6 Å². The van der Waals surface area contributed by atoms with Gasteiger partial charge in [0, 0.05) is 4.47 Å². The Hall–Kier alpha value is -3.33. The number of furan rings is 1. The monoisotopic (exact) mass is 500 g/mol. The van der Waals surface area contributed by atoms with Gasteiger partial charge in [-0.2, -0.15) is 0 Å². The number of hydrogen-bond donors (Lipinski definition) is 2. The second-order valence-corrected chi connectivity index (χ2v) is 8.77. The van der Waals surface area contributed by atoms with Gasteiger partial charge in [-0.25, -0.2) is 0 Å². The predicted molar refractivity (Wildman–Crippen MR) is 119 cm³/mol. The van der Waals surface area contributed by atoms with Gasteiger partial charge in [-0.05, 0) is 37.6 Å². The SMILES string of the molecule is C[C@H](NC(=O)[C@@]1(C)COc2c(oc3cc(Br)ccc23)C(=O)N1CC(=O)O)c1ccccc1. The molecule has 166 valence electrons. The van der Waals surface area contributed by atoms with E-state index in [1.54, 1.807) is 18.2 Å². The van der Waals surface area contributed by atoms with Crippen LogP contribution in [0.1, 0.15) is 36.0 Å². The number of halogens is 1. The van der Waals surface area contributed by atoms with Crippen LogP contribution in [0, 0.1) is 0 Å². The molecule has 1 aromatic heterocycles. The number of ether oxygens (including phenoxy) is 1. The molecule has 2 aromatic carbocycles. The van der Waals surface area contributed by atoms with Gasteiger partial charge < -0.3 is 24.5 Å². The molecule has 8 nitrogen and oxygen atoms in total. The van der Waals surface area contributed by atoms with Crippen molar-refractivity contribution in [3.63, 3.8) is 0 Å². The van der Waals surface area contributed by atoms with E-state index in [4.69, 9.17) is 9.15 Å². The summed E-state index contributed by atoms with van der Waals surface area (Å²) >= 11 is 3.35. The van der Waals surface area contributed by atoms with E-state index in [9.17, 15) is 19.5 Å². The fraction of sp³-hybridized carbons (Fsp3) is 0.261. The molecule has 0 saturated carbocycles. The van der Waals surface area contributed by atoms with E-state index in [-0.39, 0.29) is 24.2 Å². The normalized spacial score (nSPS) is 19.1. The smallest absolute Gasteiger partial charge is 0.323 e. The van der Waals surface area contributed by atoms with E-state index >= 15 is 0 Å². The third-order valence-corrected chi connectivity index (χ3v) is 6.06. The van der Waals surface area contributed by atoms with Gasteiger partial charge in [-0.15, -0.1) is 0 Å². The topological polar surface area (TPSA) is 109 Å². The fourth-order valence-electron chi connectivity index (χ4n) is 3.72. The van der Waals surface area contributed by atoms with Crippen LogP contribution in [0.2, 0.25) is 0 Å². The van der Waals surface area contributed by atoms with Gasteiger partial charge in [0.2, 0.25) is 11.7 Å². The Morgan fingerprint density at radius 3 is 2.66 bits per heavy atom. The van der Waals surface area contributed by atoms with Gasteiger partial charge in [-0.1, -0.05) is 46.3 Å². The number of benzene rings is 2. The molecule has 0 fully saturated rings. The van der Waals surface area contributed by atoms with Crippen LogP contribution in [0.4, 0.5) is 0 Å². The number of carboxylic acid groups (broad SMARTS) is 1. The maximum absolute atomic E-state index is 13.4. The average Bonchev–Trinajstić information content (AvgIpc) is 3.08. The number of aliphatic carboxylic acids is 1. The van der Waals surface area contributed by atoms with Crippen LogP contribution in [-0.4, -0.2) is 46.5 Å². The molecule has 0 radical (unpaired) electrons. The summed E-state index contributed by atoms with van der Waals surface area (Å²) in [6.07, 6.45) is 0. The number of amides is 2. The highest BCUT2D eigenvalue weighted by Crippen LogP contribution is 2.39. The molecule has 0 unspecified atom stereocenters. The molecule has 3 aromatic rings. The Kier molecular flexibility index (Phi) is 5.68. The molecule has 0 saturated heterocycles. The van der Waals surface area contributed by atoms with Gasteiger partial charge >= 0.3 is 5.97 Å². The van der Waals surface area contributed by atoms with Gasteiger partial charge in [0.05, 0.1) is 11.4 Å². The molecule has 2 amide bonds. The summed E-state index contributed by atoms with van der Waals surface area (Å²) in [5, 5.41) is 12.9. The van der Waals surface area contributed by atoms with Crippen LogP contribution in [0.15, 0.2) is 57.4 Å². The lowest BCUT2D eigenvalue weighted by atomic mass is 9.97. The Balaban J connectivity index is 1.71. The van der Waals surface area contributed by atoms with Gasteiger partial charge in [0.15, 0.2) is 11.3 Å². The number of fused-ring (bicyclic) bond motifs is 3. The summed E-state index contributed by atoms with van der Waals surface area (Å²) in [6.45, 7) is 2.38. The van der Waals surface area contributed by atoms with E-state index < -0.39 is 29.9 Å². The van der Waals surface area contributed by atoms with Gasteiger partial charge in [-0.3, -0.25) is 14.4 Å². The van der Waals surface area contributed by atoms with Crippen molar-refractivity contribution in [1.29, 1.82) is 0 Å². The first kappa shape index (κ1) is 21.9. The number of carbonyl (C=O) groups is 3. The predicted octanol–water partition coefficient (Wildman–Crippen LogP) is 3.75. The van der Waals surface area contributed by atoms with Crippen molar-refractivity contribution >= 4 is 44.7 Å².